The number of pyridine rings is 1. The van der Waals surface area contributed by atoms with Crippen LogP contribution in [0.5, 0.6) is 0 Å². The second-order valence-corrected chi connectivity index (χ2v) is 3.35. The summed E-state index contributed by atoms with van der Waals surface area (Å²) in [6, 6.07) is 3.65. The highest BCUT2D eigenvalue weighted by molar-refractivity contribution is 9.10. The fourth-order valence-corrected chi connectivity index (χ4v) is 1.52. The highest BCUT2D eigenvalue weighted by Crippen LogP contribution is 2.07. The third-order valence-corrected chi connectivity index (χ3v) is 1.91. The Morgan fingerprint density at radius 2 is 2.42 bits per heavy atom. The van der Waals surface area contributed by atoms with Gasteiger partial charge in [0.15, 0.2) is 0 Å². The van der Waals surface area contributed by atoms with Crippen molar-refractivity contribution >= 4 is 15.9 Å². The van der Waals surface area contributed by atoms with Gasteiger partial charge in [-0.2, -0.15) is 5.26 Å². The van der Waals surface area contributed by atoms with Gasteiger partial charge in [-0.3, -0.25) is 4.79 Å². The minimum absolute atomic E-state index is 0.0963. The number of hydrogen-bond donors (Lipinski definition) is 0. The van der Waals surface area contributed by atoms with E-state index in [1.807, 2.05) is 6.07 Å². The summed E-state index contributed by atoms with van der Waals surface area (Å²) in [6.45, 7) is 1.82. The molecule has 3 nitrogen and oxygen atoms in total. The number of nitriles is 1. The van der Waals surface area contributed by atoms with Gasteiger partial charge in [-0.1, -0.05) is 0 Å². The van der Waals surface area contributed by atoms with E-state index in [-0.39, 0.29) is 12.1 Å². The van der Waals surface area contributed by atoms with Gasteiger partial charge in [-0.15, -0.1) is 0 Å². The molecule has 1 aromatic heterocycles. The summed E-state index contributed by atoms with van der Waals surface area (Å²) in [7, 11) is 0. The first-order chi connectivity index (χ1) is 5.65. The van der Waals surface area contributed by atoms with Gasteiger partial charge in [-0.05, 0) is 28.9 Å². The summed E-state index contributed by atoms with van der Waals surface area (Å²) in [5.41, 5.74) is 0.527. The number of aromatic nitrogens is 1. The first-order valence-electron chi connectivity index (χ1n) is 3.38. The van der Waals surface area contributed by atoms with Crippen LogP contribution in [0.15, 0.2) is 21.5 Å². The van der Waals surface area contributed by atoms with Crippen LogP contribution < -0.4 is 5.56 Å². The second kappa shape index (κ2) is 3.55. The topological polar surface area (TPSA) is 45.8 Å². The molecule has 62 valence electrons. The van der Waals surface area contributed by atoms with Crippen molar-refractivity contribution in [3.8, 4) is 6.07 Å². The Morgan fingerprint density at radius 3 is 3.00 bits per heavy atom. The van der Waals surface area contributed by atoms with E-state index in [4.69, 9.17) is 5.26 Å². The first-order valence-corrected chi connectivity index (χ1v) is 4.18. The molecule has 1 rings (SSSR count). The minimum atomic E-state index is -0.111. The lowest BCUT2D eigenvalue weighted by molar-refractivity contribution is 0.776. The van der Waals surface area contributed by atoms with E-state index in [2.05, 4.69) is 15.9 Å². The molecule has 0 radical (unpaired) electrons. The van der Waals surface area contributed by atoms with E-state index >= 15 is 0 Å². The fraction of sp³-hybridized carbons (Fsp3) is 0.250. The Morgan fingerprint density at radius 1 is 1.75 bits per heavy atom. The quantitative estimate of drug-likeness (QED) is 0.728. The standard InChI is InChI=1S/C8H7BrN2O/c1-6-4-7(9)5-11(3-2-10)8(6)12/h4-5H,3H2,1H3. The molecule has 0 saturated carbocycles. The maximum Gasteiger partial charge on any atom is 0.254 e. The molecular weight excluding hydrogens is 220 g/mol. The average molecular weight is 227 g/mol. The molecule has 0 unspecified atom stereocenters. The van der Waals surface area contributed by atoms with Gasteiger partial charge in [-0.25, -0.2) is 0 Å². The Balaban J connectivity index is 3.30. The van der Waals surface area contributed by atoms with E-state index in [1.165, 1.54) is 4.57 Å². The number of aryl methyl sites for hydroxylation is 1. The summed E-state index contributed by atoms with van der Waals surface area (Å²) in [6.07, 6.45) is 1.61. The molecule has 0 N–H and O–H groups in total. The molecule has 0 aromatic carbocycles. The fourth-order valence-electron chi connectivity index (χ4n) is 0.933. The second-order valence-electron chi connectivity index (χ2n) is 2.43. The maximum atomic E-state index is 11.3. The van der Waals surface area contributed by atoms with Crippen molar-refractivity contribution in [1.29, 1.82) is 5.26 Å². The number of halogens is 1. The van der Waals surface area contributed by atoms with Gasteiger partial charge >= 0.3 is 0 Å². The zero-order valence-electron chi connectivity index (χ0n) is 6.54. The third-order valence-electron chi connectivity index (χ3n) is 1.47. The van der Waals surface area contributed by atoms with E-state index in [9.17, 15) is 4.79 Å². The Bertz CT molecular complexity index is 389. The van der Waals surface area contributed by atoms with Crippen LogP contribution in [0.4, 0.5) is 0 Å². The highest BCUT2D eigenvalue weighted by atomic mass is 79.9. The molecule has 1 aromatic rings. The molecule has 0 bridgehead atoms. The summed E-state index contributed by atoms with van der Waals surface area (Å²) >= 11 is 3.25. The molecule has 0 fully saturated rings. The van der Waals surface area contributed by atoms with E-state index in [0.717, 1.165) is 4.47 Å². The number of hydrogen-bond acceptors (Lipinski definition) is 2. The van der Waals surface area contributed by atoms with Gasteiger partial charge in [0.2, 0.25) is 0 Å². The normalized spacial score (nSPS) is 9.42. The van der Waals surface area contributed by atoms with Crippen LogP contribution in [-0.2, 0) is 6.54 Å². The van der Waals surface area contributed by atoms with Crippen molar-refractivity contribution in [3.63, 3.8) is 0 Å². The Kier molecular flexibility index (Phi) is 2.66. The summed E-state index contributed by atoms with van der Waals surface area (Å²) in [5.74, 6) is 0. The Hall–Kier alpha value is -1.08. The van der Waals surface area contributed by atoms with Crippen LogP contribution in [0.25, 0.3) is 0 Å². The summed E-state index contributed by atoms with van der Waals surface area (Å²) < 4.78 is 2.19. The van der Waals surface area contributed by atoms with Crippen LogP contribution in [0.2, 0.25) is 0 Å². The SMILES string of the molecule is Cc1cc(Br)cn(CC#N)c1=O. The lowest BCUT2D eigenvalue weighted by Crippen LogP contribution is -2.20. The largest absolute Gasteiger partial charge is 0.300 e. The van der Waals surface area contributed by atoms with Gasteiger partial charge in [0.1, 0.15) is 6.54 Å². The predicted octanol–water partition coefficient (Wildman–Crippen LogP) is 1.44. The van der Waals surface area contributed by atoms with Gasteiger partial charge in [0.05, 0.1) is 6.07 Å². The van der Waals surface area contributed by atoms with Crippen molar-refractivity contribution in [2.75, 3.05) is 0 Å². The number of rotatable bonds is 1. The lowest BCUT2D eigenvalue weighted by Gasteiger charge is -2.01. The van der Waals surface area contributed by atoms with E-state index in [1.54, 1.807) is 19.2 Å². The monoisotopic (exact) mass is 226 g/mol. The first kappa shape index (κ1) is 9.01. The van der Waals surface area contributed by atoms with Crippen LogP contribution in [-0.4, -0.2) is 4.57 Å². The van der Waals surface area contributed by atoms with E-state index in [0.29, 0.717) is 5.56 Å². The van der Waals surface area contributed by atoms with Crippen LogP contribution >= 0.6 is 15.9 Å². The predicted molar refractivity (Wildman–Crippen MR) is 48.8 cm³/mol. The zero-order valence-corrected chi connectivity index (χ0v) is 8.13. The average Bonchev–Trinajstić information content (AvgIpc) is 2.00. The van der Waals surface area contributed by atoms with Crippen molar-refractivity contribution < 1.29 is 0 Å². The highest BCUT2D eigenvalue weighted by Gasteiger charge is 1.99. The van der Waals surface area contributed by atoms with Crippen molar-refractivity contribution in [2.24, 2.45) is 0 Å². The molecule has 4 heteroatoms. The van der Waals surface area contributed by atoms with Crippen molar-refractivity contribution in [2.45, 2.75) is 13.5 Å². The van der Waals surface area contributed by atoms with Gasteiger partial charge < -0.3 is 4.57 Å². The van der Waals surface area contributed by atoms with E-state index < -0.39 is 0 Å². The zero-order chi connectivity index (χ0) is 9.14. The molecular formula is C8H7BrN2O. The third kappa shape index (κ3) is 1.74. The van der Waals surface area contributed by atoms with Crippen LogP contribution in [0.1, 0.15) is 5.56 Å². The minimum Gasteiger partial charge on any atom is -0.300 e. The van der Waals surface area contributed by atoms with Crippen molar-refractivity contribution in [1.82, 2.24) is 4.57 Å². The molecule has 0 saturated heterocycles. The van der Waals surface area contributed by atoms with Crippen molar-refractivity contribution in [3.05, 3.63) is 32.7 Å². The molecule has 0 spiro atoms. The summed E-state index contributed by atoms with van der Waals surface area (Å²) in [5, 5.41) is 8.40. The molecule has 0 atom stereocenters. The molecule has 0 aliphatic heterocycles. The Labute approximate surface area is 78.4 Å². The maximum absolute atomic E-state index is 11.3. The van der Waals surface area contributed by atoms with Crippen LogP contribution in [0, 0.1) is 18.3 Å². The van der Waals surface area contributed by atoms with Gasteiger partial charge in [0.25, 0.3) is 5.56 Å². The lowest BCUT2D eigenvalue weighted by atomic mass is 10.3. The van der Waals surface area contributed by atoms with Crippen LogP contribution in [0.3, 0.4) is 0 Å². The molecule has 0 aliphatic carbocycles. The molecule has 0 amide bonds. The van der Waals surface area contributed by atoms with Gasteiger partial charge in [0, 0.05) is 16.2 Å². The molecule has 12 heavy (non-hydrogen) atoms. The number of nitrogens with zero attached hydrogens (tertiary/aromatic N) is 2. The summed E-state index contributed by atoms with van der Waals surface area (Å²) in [4.78, 5) is 11.3. The molecule has 0 aliphatic rings. The molecule has 1 heterocycles. The smallest absolute Gasteiger partial charge is 0.254 e.